The molecule has 1 amide bonds. The Hall–Kier alpha value is -2.37. The van der Waals surface area contributed by atoms with Gasteiger partial charge >= 0.3 is 0 Å². The van der Waals surface area contributed by atoms with Crippen molar-refractivity contribution in [2.75, 3.05) is 11.9 Å². The molecule has 0 bridgehead atoms. The third-order valence-corrected chi connectivity index (χ3v) is 3.89. The third kappa shape index (κ3) is 2.74. The number of nitrogens with one attached hydrogen (secondary N) is 2. The molecule has 110 valence electrons. The molecule has 0 aliphatic carbocycles. The van der Waals surface area contributed by atoms with Gasteiger partial charge in [0.25, 0.3) is 5.91 Å². The lowest BCUT2D eigenvalue weighted by Gasteiger charge is -2.17. The van der Waals surface area contributed by atoms with Crippen molar-refractivity contribution in [2.45, 2.75) is 26.3 Å². The van der Waals surface area contributed by atoms with Crippen LogP contribution in [0.4, 0.5) is 5.69 Å². The number of pyridine rings is 1. The first-order valence-corrected chi connectivity index (χ1v) is 7.14. The molecule has 6 nitrogen and oxygen atoms in total. The molecule has 0 saturated heterocycles. The highest BCUT2D eigenvalue weighted by molar-refractivity contribution is 5.92. The van der Waals surface area contributed by atoms with E-state index in [1.807, 2.05) is 20.0 Å². The summed E-state index contributed by atoms with van der Waals surface area (Å²) in [6, 6.07) is 3.70. The zero-order valence-electron chi connectivity index (χ0n) is 12.3. The number of amides is 1. The lowest BCUT2D eigenvalue weighted by molar-refractivity contribution is 0.0945. The van der Waals surface area contributed by atoms with Crippen molar-refractivity contribution in [3.8, 4) is 0 Å². The van der Waals surface area contributed by atoms with Gasteiger partial charge in [-0.05, 0) is 31.9 Å². The number of carbonyl (C=O) groups excluding carboxylic acids is 1. The largest absolute Gasteiger partial charge is 0.384 e. The van der Waals surface area contributed by atoms with Gasteiger partial charge in [0, 0.05) is 31.4 Å². The maximum atomic E-state index is 12.2. The Morgan fingerprint density at radius 1 is 1.48 bits per heavy atom. The third-order valence-electron chi connectivity index (χ3n) is 3.89. The minimum absolute atomic E-state index is 0.147. The van der Waals surface area contributed by atoms with E-state index in [2.05, 4.69) is 20.7 Å². The normalized spacial score (nSPS) is 13.4. The van der Waals surface area contributed by atoms with E-state index in [-0.39, 0.29) is 5.91 Å². The van der Waals surface area contributed by atoms with Crippen molar-refractivity contribution in [1.82, 2.24) is 20.1 Å². The summed E-state index contributed by atoms with van der Waals surface area (Å²) >= 11 is 0. The van der Waals surface area contributed by atoms with Gasteiger partial charge in [0.2, 0.25) is 0 Å². The summed E-state index contributed by atoms with van der Waals surface area (Å²) in [6.07, 6.45) is 3.75. The Bertz CT molecular complexity index is 677. The zero-order chi connectivity index (χ0) is 14.8. The van der Waals surface area contributed by atoms with Crippen LogP contribution < -0.4 is 10.6 Å². The van der Waals surface area contributed by atoms with Crippen LogP contribution in [0.25, 0.3) is 0 Å². The van der Waals surface area contributed by atoms with E-state index >= 15 is 0 Å². The van der Waals surface area contributed by atoms with Crippen LogP contribution in [0.3, 0.4) is 0 Å². The fraction of sp³-hybridized carbons (Fsp3) is 0.400. The van der Waals surface area contributed by atoms with Gasteiger partial charge in [0.05, 0.1) is 17.6 Å². The smallest absolute Gasteiger partial charge is 0.270 e. The van der Waals surface area contributed by atoms with Gasteiger partial charge in [-0.2, -0.15) is 5.10 Å². The van der Waals surface area contributed by atoms with Gasteiger partial charge in [-0.15, -0.1) is 0 Å². The molecule has 1 aliphatic rings. The molecule has 2 aromatic heterocycles. The average molecular weight is 285 g/mol. The Balaban J connectivity index is 1.69. The van der Waals surface area contributed by atoms with Crippen molar-refractivity contribution >= 4 is 11.6 Å². The summed E-state index contributed by atoms with van der Waals surface area (Å²) in [7, 11) is 1.89. The van der Waals surface area contributed by atoms with Crippen LogP contribution in [-0.4, -0.2) is 27.2 Å². The predicted octanol–water partition coefficient (Wildman–Crippen LogP) is 1.41. The maximum absolute atomic E-state index is 12.2. The second-order valence-corrected chi connectivity index (χ2v) is 5.28. The molecule has 1 aliphatic heterocycles. The minimum atomic E-state index is -0.147. The molecule has 2 aromatic rings. The molecule has 0 unspecified atom stereocenters. The van der Waals surface area contributed by atoms with E-state index in [0.717, 1.165) is 42.0 Å². The van der Waals surface area contributed by atoms with Gasteiger partial charge in [0.1, 0.15) is 5.69 Å². The molecule has 0 aromatic carbocycles. The molecule has 21 heavy (non-hydrogen) atoms. The number of carbonyl (C=O) groups is 1. The van der Waals surface area contributed by atoms with Crippen molar-refractivity contribution in [3.63, 3.8) is 0 Å². The van der Waals surface area contributed by atoms with Crippen LogP contribution in [-0.2, 0) is 20.0 Å². The summed E-state index contributed by atoms with van der Waals surface area (Å²) in [4.78, 5) is 16.7. The predicted molar refractivity (Wildman–Crippen MR) is 80.2 cm³/mol. The maximum Gasteiger partial charge on any atom is 0.270 e. The molecule has 0 radical (unpaired) electrons. The van der Waals surface area contributed by atoms with Crippen molar-refractivity contribution in [3.05, 3.63) is 41.0 Å². The molecule has 2 N–H and O–H groups in total. The quantitative estimate of drug-likeness (QED) is 0.894. The average Bonchev–Trinajstić information content (AvgIpc) is 2.84. The molecule has 0 fully saturated rings. The van der Waals surface area contributed by atoms with E-state index < -0.39 is 0 Å². The molecule has 0 atom stereocenters. The van der Waals surface area contributed by atoms with Crippen LogP contribution in [0.2, 0.25) is 0 Å². The highest BCUT2D eigenvalue weighted by Gasteiger charge is 2.14. The highest BCUT2D eigenvalue weighted by atomic mass is 16.1. The van der Waals surface area contributed by atoms with Crippen LogP contribution in [0, 0.1) is 6.92 Å². The number of rotatable bonds is 3. The zero-order valence-corrected chi connectivity index (χ0v) is 12.3. The number of aromatic nitrogens is 3. The summed E-state index contributed by atoms with van der Waals surface area (Å²) in [5.41, 5.74) is 4.56. The van der Waals surface area contributed by atoms with Gasteiger partial charge in [-0.1, -0.05) is 0 Å². The lowest BCUT2D eigenvalue weighted by atomic mass is 10.1. The van der Waals surface area contributed by atoms with Gasteiger partial charge < -0.3 is 10.6 Å². The summed E-state index contributed by atoms with van der Waals surface area (Å²) in [5, 5.41) is 10.4. The fourth-order valence-corrected chi connectivity index (χ4v) is 2.44. The van der Waals surface area contributed by atoms with E-state index in [1.165, 1.54) is 0 Å². The van der Waals surface area contributed by atoms with Crippen LogP contribution in [0.15, 0.2) is 18.3 Å². The Labute approximate surface area is 123 Å². The van der Waals surface area contributed by atoms with Crippen LogP contribution in [0.5, 0.6) is 0 Å². The van der Waals surface area contributed by atoms with Crippen molar-refractivity contribution in [2.24, 2.45) is 7.05 Å². The van der Waals surface area contributed by atoms with E-state index in [9.17, 15) is 4.79 Å². The first-order valence-electron chi connectivity index (χ1n) is 7.14. The second-order valence-electron chi connectivity index (χ2n) is 5.28. The molecule has 3 heterocycles. The standard InChI is InChI=1S/C15H19N5O/c1-10-11(9-18-20(10)2)8-17-15(21)14-6-5-12-13(19-14)4-3-7-16-12/h5-6,9,16H,3-4,7-8H2,1-2H3,(H,17,21). The van der Waals surface area contributed by atoms with Crippen LogP contribution in [0.1, 0.15) is 33.9 Å². The Morgan fingerprint density at radius 3 is 3.10 bits per heavy atom. The number of aryl methyl sites for hydroxylation is 2. The topological polar surface area (TPSA) is 71.8 Å². The molecule has 0 spiro atoms. The number of hydrogen-bond donors (Lipinski definition) is 2. The summed E-state index contributed by atoms with van der Waals surface area (Å²) in [6.45, 7) is 3.42. The van der Waals surface area contributed by atoms with Crippen LogP contribution >= 0.6 is 0 Å². The van der Waals surface area contributed by atoms with Gasteiger partial charge in [-0.25, -0.2) is 4.98 Å². The van der Waals surface area contributed by atoms with E-state index in [4.69, 9.17) is 0 Å². The lowest BCUT2D eigenvalue weighted by Crippen LogP contribution is -2.25. The first-order chi connectivity index (χ1) is 10.1. The molecule has 6 heteroatoms. The molecule has 0 saturated carbocycles. The monoisotopic (exact) mass is 285 g/mol. The van der Waals surface area contributed by atoms with E-state index in [1.54, 1.807) is 16.9 Å². The fourth-order valence-electron chi connectivity index (χ4n) is 2.44. The van der Waals surface area contributed by atoms with E-state index in [0.29, 0.717) is 12.2 Å². The number of nitrogens with zero attached hydrogens (tertiary/aromatic N) is 3. The number of fused-ring (bicyclic) bond motifs is 1. The van der Waals surface area contributed by atoms with Crippen molar-refractivity contribution < 1.29 is 4.79 Å². The Morgan fingerprint density at radius 2 is 2.33 bits per heavy atom. The minimum Gasteiger partial charge on any atom is -0.384 e. The summed E-state index contributed by atoms with van der Waals surface area (Å²) < 4.78 is 1.80. The molecular formula is C15H19N5O. The first kappa shape index (κ1) is 13.6. The SMILES string of the molecule is Cc1c(CNC(=O)c2ccc3c(n2)CCCN3)cnn1C. The van der Waals surface area contributed by atoms with Gasteiger partial charge in [0.15, 0.2) is 0 Å². The molecular weight excluding hydrogens is 266 g/mol. The molecule has 3 rings (SSSR count). The second kappa shape index (κ2) is 5.55. The van der Waals surface area contributed by atoms with Gasteiger partial charge in [-0.3, -0.25) is 9.48 Å². The summed E-state index contributed by atoms with van der Waals surface area (Å²) in [5.74, 6) is -0.147. The highest BCUT2D eigenvalue weighted by Crippen LogP contribution is 2.19. The van der Waals surface area contributed by atoms with Crippen molar-refractivity contribution in [1.29, 1.82) is 0 Å². The Kier molecular flexibility index (Phi) is 3.60. The number of hydrogen-bond acceptors (Lipinski definition) is 4. The number of anilines is 1.